The number of alkyl halides is 9. The summed E-state index contributed by atoms with van der Waals surface area (Å²) < 4.78 is 120. The van der Waals surface area contributed by atoms with Crippen LogP contribution in [0.3, 0.4) is 0 Å². The molecule has 1 atom stereocenters. The van der Waals surface area contributed by atoms with E-state index in [1.54, 1.807) is 0 Å². The molecule has 2 aromatic heterocycles. The van der Waals surface area contributed by atoms with Gasteiger partial charge in [0.1, 0.15) is 0 Å². The number of aromatic nitrogens is 5. The summed E-state index contributed by atoms with van der Waals surface area (Å²) in [6, 6.07) is -1.04. The van der Waals surface area contributed by atoms with Gasteiger partial charge in [-0.05, 0) is 31.2 Å². The molecule has 0 saturated carbocycles. The minimum Gasteiger partial charge on any atom is -0.369 e. The zero-order valence-electron chi connectivity index (χ0n) is 17.0. The highest BCUT2D eigenvalue weighted by molar-refractivity contribution is 5.94. The van der Waals surface area contributed by atoms with Crippen molar-refractivity contribution in [2.24, 2.45) is 0 Å². The van der Waals surface area contributed by atoms with Gasteiger partial charge in [-0.3, -0.25) is 4.79 Å². The van der Waals surface area contributed by atoms with E-state index in [2.05, 4.69) is 30.1 Å². The Morgan fingerprint density at radius 2 is 1.49 bits per heavy atom. The molecule has 0 aliphatic carbocycles. The fourth-order valence-electron chi connectivity index (χ4n) is 2.71. The second kappa shape index (κ2) is 9.03. The Labute approximate surface area is 188 Å². The number of carbonyl (C=O) groups excluding carboxylic acids is 1. The summed E-state index contributed by atoms with van der Waals surface area (Å²) in [5.41, 5.74) is -4.47. The van der Waals surface area contributed by atoms with Crippen molar-refractivity contribution in [3.05, 3.63) is 59.2 Å². The first-order chi connectivity index (χ1) is 16.0. The number of ether oxygens (including phenoxy) is 1. The van der Waals surface area contributed by atoms with Gasteiger partial charge in [0.2, 0.25) is 0 Å². The van der Waals surface area contributed by atoms with Gasteiger partial charge in [0.15, 0.2) is 5.82 Å². The average Bonchev–Trinajstić information content (AvgIpc) is 3.15. The number of rotatable bonds is 5. The Bertz CT molecular complexity index is 1170. The topological polar surface area (TPSA) is 94.8 Å². The van der Waals surface area contributed by atoms with Crippen molar-refractivity contribution in [1.29, 1.82) is 0 Å². The Morgan fingerprint density at radius 3 is 1.97 bits per heavy atom. The smallest absolute Gasteiger partial charge is 0.369 e. The predicted octanol–water partition coefficient (Wildman–Crippen LogP) is 4.48. The highest BCUT2D eigenvalue weighted by Gasteiger charge is 2.38. The van der Waals surface area contributed by atoms with Crippen LogP contribution in [0, 0.1) is 0 Å². The van der Waals surface area contributed by atoms with Crippen molar-refractivity contribution in [2.45, 2.75) is 31.7 Å². The maximum Gasteiger partial charge on any atom is 0.575 e. The van der Waals surface area contributed by atoms with Crippen molar-refractivity contribution < 1.29 is 49.0 Å². The monoisotopic (exact) mass is 514 g/mol. The first-order valence-electron chi connectivity index (χ1n) is 9.15. The molecule has 1 N–H and O–H groups in total. The third-order valence-electron chi connectivity index (χ3n) is 4.15. The molecule has 0 bridgehead atoms. The van der Waals surface area contributed by atoms with Gasteiger partial charge in [-0.15, -0.1) is 18.3 Å². The van der Waals surface area contributed by atoms with E-state index in [-0.39, 0.29) is 24.1 Å². The summed E-state index contributed by atoms with van der Waals surface area (Å²) in [6.45, 7) is 1.14. The van der Waals surface area contributed by atoms with Crippen molar-refractivity contribution in [3.63, 3.8) is 0 Å². The molecule has 3 rings (SSSR count). The van der Waals surface area contributed by atoms with Gasteiger partial charge >= 0.3 is 24.7 Å². The number of halogens is 9. The maximum absolute atomic E-state index is 13.1. The first kappa shape index (κ1) is 25.7. The molecule has 0 spiro atoms. The molecule has 35 heavy (non-hydrogen) atoms. The summed E-state index contributed by atoms with van der Waals surface area (Å²) >= 11 is 0. The fraction of sp³-hybridized carbons (Fsp3) is 0.278. The lowest BCUT2D eigenvalue weighted by Gasteiger charge is -2.16. The van der Waals surface area contributed by atoms with Crippen LogP contribution >= 0.6 is 0 Å². The van der Waals surface area contributed by atoms with E-state index in [9.17, 15) is 44.3 Å². The molecule has 0 aliphatic rings. The zero-order valence-corrected chi connectivity index (χ0v) is 17.0. The van der Waals surface area contributed by atoms with E-state index in [0.717, 1.165) is 6.92 Å². The molecule has 3 aromatic rings. The van der Waals surface area contributed by atoms with Crippen LogP contribution in [0.5, 0.6) is 6.01 Å². The van der Waals surface area contributed by atoms with Crippen LogP contribution in [-0.4, -0.2) is 37.0 Å². The minimum absolute atomic E-state index is 0.162. The van der Waals surface area contributed by atoms with Crippen molar-refractivity contribution in [3.8, 4) is 12.0 Å². The van der Waals surface area contributed by atoms with E-state index in [0.29, 0.717) is 4.68 Å². The number of hydrogen-bond acceptors (Lipinski definition) is 6. The van der Waals surface area contributed by atoms with E-state index >= 15 is 0 Å². The maximum atomic E-state index is 13.1. The third kappa shape index (κ3) is 6.36. The lowest BCUT2D eigenvalue weighted by atomic mass is 10.0. The van der Waals surface area contributed by atoms with Crippen LogP contribution in [0.2, 0.25) is 0 Å². The van der Waals surface area contributed by atoms with Crippen LogP contribution in [0.25, 0.3) is 5.95 Å². The van der Waals surface area contributed by atoms with Crippen molar-refractivity contribution in [2.75, 3.05) is 0 Å². The Balaban J connectivity index is 1.98. The van der Waals surface area contributed by atoms with Crippen molar-refractivity contribution >= 4 is 5.91 Å². The Hall–Kier alpha value is -3.92. The normalized spacial score (nSPS) is 13.4. The molecule has 1 aromatic carbocycles. The Kier molecular flexibility index (Phi) is 6.63. The molecule has 8 nitrogen and oxygen atoms in total. The molecule has 17 heteroatoms. The largest absolute Gasteiger partial charge is 0.575 e. The molecule has 2 heterocycles. The summed E-state index contributed by atoms with van der Waals surface area (Å²) in [5, 5.41) is 5.52. The standard InChI is InChI=1S/C18H11F9N6O2/c1-8(12-31-15(35-18(25,26)27)32-33(12)14-28-3-2-4-29-14)30-13(34)9-5-10(16(19,20)21)7-11(6-9)17(22,23)24/h2-8H,1H3,(H,30,34)/t8-/m0/s1. The second-order valence-electron chi connectivity index (χ2n) is 6.75. The number of nitrogens with zero attached hydrogens (tertiary/aromatic N) is 5. The minimum atomic E-state index is -5.20. The molecule has 0 saturated heterocycles. The first-order valence-corrected chi connectivity index (χ1v) is 9.15. The summed E-state index contributed by atoms with van der Waals surface area (Å²) in [7, 11) is 0. The molecule has 188 valence electrons. The molecule has 0 unspecified atom stereocenters. The molecular formula is C18H11F9N6O2. The fourth-order valence-corrected chi connectivity index (χ4v) is 2.71. The van der Waals surface area contributed by atoms with Gasteiger partial charge in [0.05, 0.1) is 17.2 Å². The van der Waals surface area contributed by atoms with Crippen molar-refractivity contribution in [1.82, 2.24) is 30.0 Å². The average molecular weight is 514 g/mol. The van der Waals surface area contributed by atoms with Crippen LogP contribution in [0.15, 0.2) is 36.7 Å². The lowest BCUT2D eigenvalue weighted by molar-refractivity contribution is -0.277. The van der Waals surface area contributed by atoms with Crippen LogP contribution < -0.4 is 10.1 Å². The number of benzene rings is 1. The lowest BCUT2D eigenvalue weighted by Crippen LogP contribution is -2.29. The van der Waals surface area contributed by atoms with Crippen LogP contribution in [0.1, 0.15) is 40.3 Å². The highest BCUT2D eigenvalue weighted by atomic mass is 19.4. The summed E-state index contributed by atoms with van der Waals surface area (Å²) in [5.74, 6) is -2.19. The summed E-state index contributed by atoms with van der Waals surface area (Å²) in [6.07, 6.45) is -13.2. The van der Waals surface area contributed by atoms with Crippen LogP contribution in [0.4, 0.5) is 39.5 Å². The SMILES string of the molecule is C[C@H](NC(=O)c1cc(C(F)(F)F)cc(C(F)(F)F)c1)c1nc(OC(F)(F)F)nn1-c1ncccn1. The van der Waals surface area contributed by atoms with Gasteiger partial charge in [-0.1, -0.05) is 0 Å². The zero-order chi connectivity index (χ0) is 26.2. The molecule has 1 amide bonds. The number of carbonyl (C=O) groups is 1. The molecule has 0 fully saturated rings. The number of nitrogens with one attached hydrogen (secondary N) is 1. The molecule has 0 aliphatic heterocycles. The van der Waals surface area contributed by atoms with Gasteiger partial charge in [0, 0.05) is 18.0 Å². The number of hydrogen-bond donors (Lipinski definition) is 1. The van der Waals surface area contributed by atoms with Gasteiger partial charge in [0.25, 0.3) is 11.9 Å². The van der Waals surface area contributed by atoms with E-state index < -0.39 is 59.2 Å². The van der Waals surface area contributed by atoms with E-state index in [1.165, 1.54) is 18.5 Å². The molecular weight excluding hydrogens is 503 g/mol. The Morgan fingerprint density at radius 1 is 0.943 bits per heavy atom. The molecule has 0 radical (unpaired) electrons. The second-order valence-corrected chi connectivity index (χ2v) is 6.75. The van der Waals surface area contributed by atoms with E-state index in [4.69, 9.17) is 0 Å². The quantitative estimate of drug-likeness (QED) is 0.505. The highest BCUT2D eigenvalue weighted by Crippen LogP contribution is 2.36. The van der Waals surface area contributed by atoms with Gasteiger partial charge in [-0.25, -0.2) is 9.97 Å². The summed E-state index contributed by atoms with van der Waals surface area (Å²) in [4.78, 5) is 23.5. The number of amides is 1. The van der Waals surface area contributed by atoms with E-state index in [1.807, 2.05) is 0 Å². The van der Waals surface area contributed by atoms with Gasteiger partial charge in [-0.2, -0.15) is 36.0 Å². The predicted molar refractivity (Wildman–Crippen MR) is 96.0 cm³/mol. The van der Waals surface area contributed by atoms with Gasteiger partial charge < -0.3 is 10.1 Å². The third-order valence-corrected chi connectivity index (χ3v) is 4.15. The van der Waals surface area contributed by atoms with Crippen LogP contribution in [-0.2, 0) is 12.4 Å².